The van der Waals surface area contributed by atoms with Crippen LogP contribution >= 0.6 is 0 Å². The van der Waals surface area contributed by atoms with Gasteiger partial charge in [0.1, 0.15) is 11.5 Å². The summed E-state index contributed by atoms with van der Waals surface area (Å²) in [4.78, 5) is 16.7. The summed E-state index contributed by atoms with van der Waals surface area (Å²) < 4.78 is 10.7. The van der Waals surface area contributed by atoms with Crippen molar-refractivity contribution >= 4 is 5.91 Å². The van der Waals surface area contributed by atoms with Gasteiger partial charge < -0.3 is 20.1 Å². The summed E-state index contributed by atoms with van der Waals surface area (Å²) in [5.74, 6) is 1.91. The number of piperazine rings is 1. The molecule has 1 aliphatic heterocycles. The van der Waals surface area contributed by atoms with Crippen LogP contribution in [0.1, 0.15) is 37.7 Å². The Morgan fingerprint density at radius 1 is 0.962 bits per heavy atom. The second-order valence-electron chi connectivity index (χ2n) is 6.83. The molecule has 2 N–H and O–H groups in total. The van der Waals surface area contributed by atoms with E-state index in [1.54, 1.807) is 14.2 Å². The average Bonchev–Trinajstić information content (AvgIpc) is 2.67. The van der Waals surface area contributed by atoms with Crippen molar-refractivity contribution in [2.75, 3.05) is 46.9 Å². The second-order valence-corrected chi connectivity index (χ2v) is 6.83. The Kier molecular flexibility index (Phi) is 8.71. The number of methoxy groups -OCH3 is 2. The second kappa shape index (κ2) is 11.0. The Labute approximate surface area is 157 Å². The maximum atomic E-state index is 12.3. The minimum Gasteiger partial charge on any atom is -0.497 e. The Balaban J connectivity index is 1.75. The zero-order valence-corrected chi connectivity index (χ0v) is 16.2. The van der Waals surface area contributed by atoms with E-state index in [9.17, 15) is 4.79 Å². The fourth-order valence-corrected chi connectivity index (χ4v) is 3.30. The number of unbranched alkanes of at least 4 members (excludes halogenated alkanes) is 3. The summed E-state index contributed by atoms with van der Waals surface area (Å²) in [5, 5.41) is 0. The van der Waals surface area contributed by atoms with E-state index < -0.39 is 0 Å². The number of benzene rings is 1. The van der Waals surface area contributed by atoms with E-state index in [4.69, 9.17) is 15.2 Å². The van der Waals surface area contributed by atoms with Crippen LogP contribution in [-0.4, -0.2) is 62.7 Å². The molecule has 0 spiro atoms. The fourth-order valence-electron chi connectivity index (χ4n) is 3.30. The standard InChI is InChI=1S/C20H33N3O3/c1-25-18-13-17(14-19(15-18)26-2)16-22-9-11-23(12-10-22)20(24)7-5-3-4-6-8-21/h13-15H,3-12,16,21H2,1-2H3. The number of nitrogens with two attached hydrogens (primary N) is 1. The molecule has 1 saturated heterocycles. The van der Waals surface area contributed by atoms with Crippen LogP contribution in [0.5, 0.6) is 11.5 Å². The van der Waals surface area contributed by atoms with Crippen molar-refractivity contribution in [3.05, 3.63) is 23.8 Å². The molecule has 1 heterocycles. The number of carbonyl (C=O) groups is 1. The molecule has 26 heavy (non-hydrogen) atoms. The molecule has 6 heteroatoms. The molecule has 0 aromatic heterocycles. The largest absolute Gasteiger partial charge is 0.497 e. The molecule has 1 aromatic rings. The lowest BCUT2D eigenvalue weighted by Crippen LogP contribution is -2.48. The first-order valence-corrected chi connectivity index (χ1v) is 9.58. The van der Waals surface area contributed by atoms with Crippen LogP contribution in [0, 0.1) is 0 Å². The Hall–Kier alpha value is -1.79. The first kappa shape index (κ1) is 20.5. The van der Waals surface area contributed by atoms with Crippen LogP contribution in [0.15, 0.2) is 18.2 Å². The van der Waals surface area contributed by atoms with E-state index in [-0.39, 0.29) is 0 Å². The van der Waals surface area contributed by atoms with Gasteiger partial charge in [-0.3, -0.25) is 9.69 Å². The quantitative estimate of drug-likeness (QED) is 0.646. The molecular weight excluding hydrogens is 330 g/mol. The molecule has 146 valence electrons. The monoisotopic (exact) mass is 363 g/mol. The normalized spacial score (nSPS) is 15.1. The van der Waals surface area contributed by atoms with Crippen molar-refractivity contribution in [1.82, 2.24) is 9.80 Å². The smallest absolute Gasteiger partial charge is 0.222 e. The number of rotatable bonds is 10. The van der Waals surface area contributed by atoms with E-state index in [2.05, 4.69) is 4.90 Å². The van der Waals surface area contributed by atoms with E-state index in [0.717, 1.165) is 76.5 Å². The third kappa shape index (κ3) is 6.50. The molecule has 1 aliphatic rings. The lowest BCUT2D eigenvalue weighted by Gasteiger charge is -2.35. The molecule has 1 amide bonds. The molecule has 2 rings (SSSR count). The minimum atomic E-state index is 0.292. The maximum Gasteiger partial charge on any atom is 0.222 e. The van der Waals surface area contributed by atoms with Crippen molar-refractivity contribution in [3.8, 4) is 11.5 Å². The summed E-state index contributed by atoms with van der Waals surface area (Å²) in [6.45, 7) is 5.01. The first-order valence-electron chi connectivity index (χ1n) is 9.58. The van der Waals surface area contributed by atoms with E-state index >= 15 is 0 Å². The fraction of sp³-hybridized carbons (Fsp3) is 0.650. The molecule has 0 bridgehead atoms. The molecule has 6 nitrogen and oxygen atoms in total. The topological polar surface area (TPSA) is 68.0 Å². The Morgan fingerprint density at radius 3 is 2.15 bits per heavy atom. The van der Waals surface area contributed by atoms with Crippen LogP contribution in [0.4, 0.5) is 0 Å². The molecule has 0 saturated carbocycles. The molecule has 0 atom stereocenters. The number of amides is 1. The highest BCUT2D eigenvalue weighted by molar-refractivity contribution is 5.76. The number of hydrogen-bond donors (Lipinski definition) is 1. The van der Waals surface area contributed by atoms with Crippen molar-refractivity contribution < 1.29 is 14.3 Å². The summed E-state index contributed by atoms with van der Waals surface area (Å²) in [7, 11) is 3.33. The highest BCUT2D eigenvalue weighted by Gasteiger charge is 2.21. The summed E-state index contributed by atoms with van der Waals surface area (Å²) >= 11 is 0. The van der Waals surface area contributed by atoms with Crippen molar-refractivity contribution in [2.24, 2.45) is 5.73 Å². The third-order valence-electron chi connectivity index (χ3n) is 4.89. The van der Waals surface area contributed by atoms with E-state index in [1.165, 1.54) is 5.56 Å². The van der Waals surface area contributed by atoms with Gasteiger partial charge in [-0.15, -0.1) is 0 Å². The highest BCUT2D eigenvalue weighted by Crippen LogP contribution is 2.23. The van der Waals surface area contributed by atoms with Gasteiger partial charge in [-0.25, -0.2) is 0 Å². The maximum absolute atomic E-state index is 12.3. The lowest BCUT2D eigenvalue weighted by molar-refractivity contribution is -0.133. The van der Waals surface area contributed by atoms with Gasteiger partial charge in [0.15, 0.2) is 0 Å². The molecule has 0 radical (unpaired) electrons. The summed E-state index contributed by atoms with van der Waals surface area (Å²) in [5.41, 5.74) is 6.66. The number of ether oxygens (including phenoxy) is 2. The lowest BCUT2D eigenvalue weighted by atomic mass is 10.1. The minimum absolute atomic E-state index is 0.292. The summed E-state index contributed by atoms with van der Waals surface area (Å²) in [6.07, 6.45) is 4.92. The molecule has 1 aromatic carbocycles. The number of carbonyl (C=O) groups excluding carboxylic acids is 1. The van der Waals surface area contributed by atoms with Gasteiger partial charge in [-0.1, -0.05) is 12.8 Å². The van der Waals surface area contributed by atoms with Crippen LogP contribution in [0.2, 0.25) is 0 Å². The van der Waals surface area contributed by atoms with Gasteiger partial charge in [0.05, 0.1) is 14.2 Å². The van der Waals surface area contributed by atoms with Gasteiger partial charge >= 0.3 is 0 Å². The van der Waals surface area contributed by atoms with Crippen molar-refractivity contribution in [1.29, 1.82) is 0 Å². The third-order valence-corrected chi connectivity index (χ3v) is 4.89. The van der Waals surface area contributed by atoms with Crippen LogP contribution in [0.3, 0.4) is 0 Å². The number of hydrogen-bond acceptors (Lipinski definition) is 5. The molecule has 0 unspecified atom stereocenters. The van der Waals surface area contributed by atoms with Crippen LogP contribution in [0.25, 0.3) is 0 Å². The van der Waals surface area contributed by atoms with Gasteiger partial charge in [0, 0.05) is 45.2 Å². The van der Waals surface area contributed by atoms with E-state index in [1.807, 2.05) is 23.1 Å². The zero-order chi connectivity index (χ0) is 18.8. The Bertz CT molecular complexity index is 535. The SMILES string of the molecule is COc1cc(CN2CCN(C(=O)CCCCCCN)CC2)cc(OC)c1. The number of nitrogens with zero attached hydrogens (tertiary/aromatic N) is 2. The predicted octanol–water partition coefficient (Wildman–Crippen LogP) is 2.26. The van der Waals surface area contributed by atoms with Gasteiger partial charge in [-0.2, -0.15) is 0 Å². The average molecular weight is 364 g/mol. The van der Waals surface area contributed by atoms with E-state index in [0.29, 0.717) is 12.3 Å². The van der Waals surface area contributed by atoms with Crippen LogP contribution in [-0.2, 0) is 11.3 Å². The summed E-state index contributed by atoms with van der Waals surface area (Å²) in [6, 6.07) is 5.97. The molecule has 1 fully saturated rings. The van der Waals surface area contributed by atoms with Gasteiger partial charge in [0.25, 0.3) is 0 Å². The van der Waals surface area contributed by atoms with Gasteiger partial charge in [0.2, 0.25) is 5.91 Å². The van der Waals surface area contributed by atoms with Crippen molar-refractivity contribution in [3.63, 3.8) is 0 Å². The molecular formula is C20H33N3O3. The van der Waals surface area contributed by atoms with Crippen LogP contribution < -0.4 is 15.2 Å². The zero-order valence-electron chi connectivity index (χ0n) is 16.2. The first-order chi connectivity index (χ1) is 12.7. The Morgan fingerprint density at radius 2 is 1.58 bits per heavy atom. The van der Waals surface area contributed by atoms with Gasteiger partial charge in [-0.05, 0) is 37.1 Å². The highest BCUT2D eigenvalue weighted by atomic mass is 16.5. The predicted molar refractivity (Wildman–Crippen MR) is 104 cm³/mol. The van der Waals surface area contributed by atoms with Crippen molar-refractivity contribution in [2.45, 2.75) is 38.6 Å². The molecule has 0 aliphatic carbocycles.